The van der Waals surface area contributed by atoms with Crippen LogP contribution in [0.25, 0.3) is 0 Å². The molecule has 29 heavy (non-hydrogen) atoms. The number of ether oxygens (including phenoxy) is 1. The molecule has 0 saturated carbocycles. The van der Waals surface area contributed by atoms with Crippen molar-refractivity contribution in [3.63, 3.8) is 0 Å². The van der Waals surface area contributed by atoms with Gasteiger partial charge < -0.3 is 15.0 Å². The Morgan fingerprint density at radius 3 is 2.59 bits per heavy atom. The minimum atomic E-state index is -2.54. The molecule has 1 N–H and O–H groups in total. The molecule has 2 aromatic rings. The first kappa shape index (κ1) is 20.8. The Hall–Kier alpha value is -2.94. The largest absolute Gasteiger partial charge is 0.452 e. The predicted octanol–water partition coefficient (Wildman–Crippen LogP) is 3.92. The summed E-state index contributed by atoms with van der Waals surface area (Å²) in [5.74, 6) is -3.77. The van der Waals surface area contributed by atoms with Gasteiger partial charge in [0.05, 0.1) is 5.56 Å². The minimum absolute atomic E-state index is 0.0420. The van der Waals surface area contributed by atoms with Crippen molar-refractivity contribution in [3.05, 3.63) is 54.1 Å². The van der Waals surface area contributed by atoms with E-state index in [1.807, 2.05) is 0 Å². The van der Waals surface area contributed by atoms with Gasteiger partial charge in [0.25, 0.3) is 11.7 Å². The van der Waals surface area contributed by atoms with Gasteiger partial charge in [0, 0.05) is 29.2 Å². The maximum Gasteiger partial charge on any atom is 0.338 e. The second-order valence-corrected chi connectivity index (χ2v) is 7.29. The molecule has 0 aromatic heterocycles. The summed E-state index contributed by atoms with van der Waals surface area (Å²) in [6.45, 7) is 0.141. The number of esters is 1. The summed E-state index contributed by atoms with van der Waals surface area (Å²) in [5, 5.41) is 2.62. The van der Waals surface area contributed by atoms with Gasteiger partial charge in [-0.2, -0.15) is 8.78 Å². The maximum atomic E-state index is 12.3. The fourth-order valence-corrected chi connectivity index (χ4v) is 3.36. The lowest BCUT2D eigenvalue weighted by atomic mass is 10.2. The topological polar surface area (TPSA) is 75.7 Å². The van der Waals surface area contributed by atoms with Crippen molar-refractivity contribution in [2.45, 2.75) is 23.5 Å². The van der Waals surface area contributed by atoms with E-state index in [1.54, 1.807) is 29.2 Å². The van der Waals surface area contributed by atoms with Gasteiger partial charge >= 0.3 is 5.97 Å². The fourth-order valence-electron chi connectivity index (χ4n) is 2.86. The van der Waals surface area contributed by atoms with Gasteiger partial charge in [0.1, 0.15) is 0 Å². The number of nitrogens with zero attached hydrogens (tertiary/aromatic N) is 1. The molecule has 3 rings (SSSR count). The monoisotopic (exact) mass is 420 g/mol. The van der Waals surface area contributed by atoms with Crippen molar-refractivity contribution >= 4 is 40.9 Å². The Labute approximate surface area is 170 Å². The Morgan fingerprint density at radius 2 is 1.93 bits per heavy atom. The molecular formula is C20H18F2N2O4S. The molecule has 0 atom stereocenters. The van der Waals surface area contributed by atoms with Crippen LogP contribution in [0.15, 0.2) is 53.4 Å². The summed E-state index contributed by atoms with van der Waals surface area (Å²) in [6, 6.07) is 12.4. The number of amides is 2. The van der Waals surface area contributed by atoms with E-state index in [2.05, 4.69) is 5.32 Å². The molecular weight excluding hydrogens is 402 g/mol. The zero-order valence-corrected chi connectivity index (χ0v) is 16.1. The molecule has 1 heterocycles. The van der Waals surface area contributed by atoms with Gasteiger partial charge in [-0.15, -0.1) is 0 Å². The molecule has 1 aliphatic heterocycles. The molecule has 9 heteroatoms. The van der Waals surface area contributed by atoms with Gasteiger partial charge in [0.15, 0.2) is 6.61 Å². The Morgan fingerprint density at radius 1 is 1.17 bits per heavy atom. The van der Waals surface area contributed by atoms with Crippen LogP contribution in [-0.4, -0.2) is 36.7 Å². The number of halogens is 2. The standard InChI is InChI=1S/C20H18F2N2O4S/c21-20(22)29-16-8-6-13(7-9-16)19(27)28-12-17(25)23-14-3-1-4-15(11-14)24-10-2-5-18(24)26/h1,3-4,6-9,11,20H,2,5,10,12H2,(H,23,25). The fraction of sp³-hybridized carbons (Fsp3) is 0.250. The maximum absolute atomic E-state index is 12.3. The predicted molar refractivity (Wildman–Crippen MR) is 105 cm³/mol. The van der Waals surface area contributed by atoms with Crippen LogP contribution < -0.4 is 10.2 Å². The van der Waals surface area contributed by atoms with Gasteiger partial charge in [-0.1, -0.05) is 17.8 Å². The van der Waals surface area contributed by atoms with Crippen molar-refractivity contribution in [2.24, 2.45) is 0 Å². The molecule has 2 aromatic carbocycles. The van der Waals surface area contributed by atoms with Crippen LogP contribution in [0.5, 0.6) is 0 Å². The van der Waals surface area contributed by atoms with E-state index < -0.39 is 24.2 Å². The van der Waals surface area contributed by atoms with Crippen LogP contribution in [0.1, 0.15) is 23.2 Å². The first-order chi connectivity index (χ1) is 13.9. The van der Waals surface area contributed by atoms with Crippen LogP contribution in [-0.2, 0) is 14.3 Å². The quantitative estimate of drug-likeness (QED) is 0.543. The van der Waals surface area contributed by atoms with Crippen LogP contribution in [0.4, 0.5) is 20.2 Å². The summed E-state index contributed by atoms with van der Waals surface area (Å²) in [5.41, 5.74) is 1.34. The van der Waals surface area contributed by atoms with E-state index in [4.69, 9.17) is 4.74 Å². The summed E-state index contributed by atoms with van der Waals surface area (Å²) < 4.78 is 29.6. The van der Waals surface area contributed by atoms with Gasteiger partial charge in [-0.25, -0.2) is 4.79 Å². The molecule has 1 aliphatic rings. The third-order valence-corrected chi connectivity index (χ3v) is 4.89. The van der Waals surface area contributed by atoms with E-state index >= 15 is 0 Å². The summed E-state index contributed by atoms with van der Waals surface area (Å²) in [4.78, 5) is 37.9. The second kappa shape index (κ2) is 9.51. The number of alkyl halides is 2. The highest BCUT2D eigenvalue weighted by Crippen LogP contribution is 2.26. The summed E-state index contributed by atoms with van der Waals surface area (Å²) in [7, 11) is 0. The second-order valence-electron chi connectivity index (χ2n) is 6.23. The number of hydrogen-bond donors (Lipinski definition) is 1. The van der Waals surface area contributed by atoms with E-state index in [1.165, 1.54) is 24.3 Å². The number of carbonyl (C=O) groups excluding carboxylic acids is 3. The average Bonchev–Trinajstić information content (AvgIpc) is 3.12. The van der Waals surface area contributed by atoms with E-state index in [0.717, 1.165) is 6.42 Å². The number of rotatable bonds is 7. The zero-order valence-electron chi connectivity index (χ0n) is 15.3. The molecule has 0 aliphatic carbocycles. The number of thioether (sulfide) groups is 1. The van der Waals surface area contributed by atoms with E-state index in [9.17, 15) is 23.2 Å². The zero-order chi connectivity index (χ0) is 20.8. The number of nitrogens with one attached hydrogen (secondary N) is 1. The average molecular weight is 420 g/mol. The lowest BCUT2D eigenvalue weighted by Gasteiger charge is -2.16. The van der Waals surface area contributed by atoms with Crippen molar-refractivity contribution in [1.29, 1.82) is 0 Å². The first-order valence-corrected chi connectivity index (χ1v) is 9.72. The minimum Gasteiger partial charge on any atom is -0.452 e. The molecule has 0 radical (unpaired) electrons. The lowest BCUT2D eigenvalue weighted by molar-refractivity contribution is -0.119. The van der Waals surface area contributed by atoms with Gasteiger partial charge in [0.2, 0.25) is 5.91 Å². The highest BCUT2D eigenvalue weighted by Gasteiger charge is 2.22. The van der Waals surface area contributed by atoms with Crippen LogP contribution >= 0.6 is 11.8 Å². The highest BCUT2D eigenvalue weighted by molar-refractivity contribution is 7.99. The summed E-state index contributed by atoms with van der Waals surface area (Å²) >= 11 is 0.375. The van der Waals surface area contributed by atoms with Gasteiger partial charge in [-0.3, -0.25) is 9.59 Å². The molecule has 152 valence electrons. The van der Waals surface area contributed by atoms with Crippen molar-refractivity contribution < 1.29 is 27.9 Å². The molecule has 0 unspecified atom stereocenters. The van der Waals surface area contributed by atoms with Crippen molar-refractivity contribution in [2.75, 3.05) is 23.4 Å². The van der Waals surface area contributed by atoms with E-state index in [-0.39, 0.29) is 11.5 Å². The molecule has 1 fully saturated rings. The normalized spacial score (nSPS) is 13.6. The van der Waals surface area contributed by atoms with Crippen LogP contribution in [0.3, 0.4) is 0 Å². The number of benzene rings is 2. The van der Waals surface area contributed by atoms with Crippen LogP contribution in [0, 0.1) is 0 Å². The highest BCUT2D eigenvalue weighted by atomic mass is 32.2. The third-order valence-electron chi connectivity index (χ3n) is 4.16. The number of anilines is 2. The molecule has 6 nitrogen and oxygen atoms in total. The van der Waals surface area contributed by atoms with Crippen molar-refractivity contribution in [3.8, 4) is 0 Å². The van der Waals surface area contributed by atoms with Crippen molar-refractivity contribution in [1.82, 2.24) is 0 Å². The summed E-state index contributed by atoms with van der Waals surface area (Å²) in [6.07, 6.45) is 1.31. The molecule has 2 amide bonds. The third kappa shape index (κ3) is 5.77. The molecule has 0 bridgehead atoms. The van der Waals surface area contributed by atoms with Crippen LogP contribution in [0.2, 0.25) is 0 Å². The van der Waals surface area contributed by atoms with Gasteiger partial charge in [-0.05, 0) is 48.9 Å². The molecule has 1 saturated heterocycles. The number of carbonyl (C=O) groups is 3. The Balaban J connectivity index is 1.52. The molecule has 0 spiro atoms. The smallest absolute Gasteiger partial charge is 0.338 e. The Kier molecular flexibility index (Phi) is 6.82. The number of hydrogen-bond acceptors (Lipinski definition) is 5. The first-order valence-electron chi connectivity index (χ1n) is 8.84. The SMILES string of the molecule is O=C(COC(=O)c1ccc(SC(F)F)cc1)Nc1cccc(N2CCCC2=O)c1. The van der Waals surface area contributed by atoms with E-state index in [0.29, 0.717) is 41.0 Å². The Bertz CT molecular complexity index is 906. The lowest BCUT2D eigenvalue weighted by Crippen LogP contribution is -2.24.